The van der Waals surface area contributed by atoms with Gasteiger partial charge < -0.3 is 4.74 Å². The average Bonchev–Trinajstić information content (AvgIpc) is 2.86. The van der Waals surface area contributed by atoms with Crippen molar-refractivity contribution in [3.63, 3.8) is 0 Å². The minimum atomic E-state index is -3.47. The third-order valence-electron chi connectivity index (χ3n) is 3.35. The fourth-order valence-electron chi connectivity index (χ4n) is 2.39. The molecule has 0 fully saturated rings. The highest BCUT2D eigenvalue weighted by molar-refractivity contribution is 7.92. The molecule has 0 amide bonds. The van der Waals surface area contributed by atoms with E-state index in [2.05, 4.69) is 6.58 Å². The summed E-state index contributed by atoms with van der Waals surface area (Å²) in [6.07, 6.45) is 0.420. The largest absolute Gasteiger partial charge is 0.463 e. The Balaban J connectivity index is 2.06. The lowest BCUT2D eigenvalue weighted by Gasteiger charge is -2.24. The number of sulfonamides is 1. The minimum absolute atomic E-state index is 0.544. The SMILES string of the molecule is C=C(c1ccccc1)C1Oc2ccccc2N1S(C)(=O)=O. The topological polar surface area (TPSA) is 46.6 Å². The van der Waals surface area contributed by atoms with E-state index in [-0.39, 0.29) is 0 Å². The number of para-hydroxylation sites is 2. The third-order valence-corrected chi connectivity index (χ3v) is 4.46. The van der Waals surface area contributed by atoms with Crippen molar-refractivity contribution in [1.82, 2.24) is 0 Å². The van der Waals surface area contributed by atoms with Gasteiger partial charge in [-0.2, -0.15) is 0 Å². The van der Waals surface area contributed by atoms with Gasteiger partial charge in [0.1, 0.15) is 5.75 Å². The first-order chi connectivity index (χ1) is 9.98. The number of hydrogen-bond donors (Lipinski definition) is 0. The average molecular weight is 301 g/mol. The fourth-order valence-corrected chi connectivity index (χ4v) is 3.42. The quantitative estimate of drug-likeness (QED) is 0.875. The minimum Gasteiger partial charge on any atom is -0.463 e. The Morgan fingerprint density at radius 2 is 1.71 bits per heavy atom. The number of benzene rings is 2. The Hall–Kier alpha value is -2.27. The van der Waals surface area contributed by atoms with Gasteiger partial charge >= 0.3 is 0 Å². The molecular formula is C16H15NO3S. The summed E-state index contributed by atoms with van der Waals surface area (Å²) in [5.74, 6) is 0.546. The number of nitrogens with zero attached hydrogens (tertiary/aromatic N) is 1. The van der Waals surface area contributed by atoms with Crippen molar-refractivity contribution in [1.29, 1.82) is 0 Å². The van der Waals surface area contributed by atoms with E-state index >= 15 is 0 Å². The van der Waals surface area contributed by atoms with Gasteiger partial charge in [-0.3, -0.25) is 0 Å². The molecule has 0 N–H and O–H groups in total. The van der Waals surface area contributed by atoms with Gasteiger partial charge in [0.15, 0.2) is 0 Å². The predicted octanol–water partition coefficient (Wildman–Crippen LogP) is 2.88. The first-order valence-corrected chi connectivity index (χ1v) is 8.32. The maximum absolute atomic E-state index is 12.1. The summed E-state index contributed by atoms with van der Waals surface area (Å²) >= 11 is 0. The lowest BCUT2D eigenvalue weighted by molar-refractivity contribution is 0.298. The molecule has 3 rings (SSSR count). The van der Waals surface area contributed by atoms with E-state index in [0.29, 0.717) is 17.0 Å². The van der Waals surface area contributed by atoms with Crippen LogP contribution >= 0.6 is 0 Å². The normalized spacial score (nSPS) is 17.2. The number of fused-ring (bicyclic) bond motifs is 1. The molecule has 1 atom stereocenters. The second-order valence-corrected chi connectivity index (χ2v) is 6.75. The summed E-state index contributed by atoms with van der Waals surface area (Å²) in [6.45, 7) is 4.02. The Morgan fingerprint density at radius 3 is 2.38 bits per heavy atom. The molecule has 5 heteroatoms. The summed E-state index contributed by atoms with van der Waals surface area (Å²) < 4.78 is 31.4. The molecule has 0 spiro atoms. The van der Waals surface area contributed by atoms with Gasteiger partial charge in [0.2, 0.25) is 16.3 Å². The van der Waals surface area contributed by atoms with Crippen LogP contribution in [-0.2, 0) is 10.0 Å². The van der Waals surface area contributed by atoms with E-state index in [1.54, 1.807) is 18.2 Å². The van der Waals surface area contributed by atoms with Crippen LogP contribution in [0, 0.1) is 0 Å². The molecule has 21 heavy (non-hydrogen) atoms. The van der Waals surface area contributed by atoms with E-state index in [1.165, 1.54) is 10.6 Å². The smallest absolute Gasteiger partial charge is 0.235 e. The number of anilines is 1. The molecule has 108 valence electrons. The lowest BCUT2D eigenvalue weighted by atomic mass is 10.1. The first kappa shape index (κ1) is 13.7. The van der Waals surface area contributed by atoms with E-state index in [1.807, 2.05) is 36.4 Å². The van der Waals surface area contributed by atoms with Crippen LogP contribution in [0.5, 0.6) is 5.75 Å². The molecule has 1 aliphatic heterocycles. The van der Waals surface area contributed by atoms with Gasteiger partial charge in [0, 0.05) is 5.57 Å². The Morgan fingerprint density at radius 1 is 1.10 bits per heavy atom. The standard InChI is InChI=1S/C16H15NO3S/c1-12(13-8-4-3-5-9-13)16-17(21(2,18)19)14-10-6-7-11-15(14)20-16/h3-11,16H,1H2,2H3. The maximum Gasteiger partial charge on any atom is 0.235 e. The van der Waals surface area contributed by atoms with E-state index in [0.717, 1.165) is 5.56 Å². The van der Waals surface area contributed by atoms with Crippen molar-refractivity contribution in [3.8, 4) is 5.75 Å². The molecule has 0 saturated heterocycles. The van der Waals surface area contributed by atoms with Crippen LogP contribution in [0.1, 0.15) is 5.56 Å². The number of rotatable bonds is 3. The van der Waals surface area contributed by atoms with Crippen LogP contribution in [0.3, 0.4) is 0 Å². The molecule has 0 saturated carbocycles. The molecule has 0 radical (unpaired) electrons. The van der Waals surface area contributed by atoms with Crippen LogP contribution in [-0.4, -0.2) is 20.9 Å². The summed E-state index contributed by atoms with van der Waals surface area (Å²) in [5, 5.41) is 0. The van der Waals surface area contributed by atoms with Crippen molar-refractivity contribution >= 4 is 21.3 Å². The highest BCUT2D eigenvalue weighted by atomic mass is 32.2. The Labute approximate surface area is 124 Å². The van der Waals surface area contributed by atoms with Crippen LogP contribution in [0.4, 0.5) is 5.69 Å². The van der Waals surface area contributed by atoms with Crippen LogP contribution in [0.25, 0.3) is 5.57 Å². The van der Waals surface area contributed by atoms with Crippen molar-refractivity contribution < 1.29 is 13.2 Å². The van der Waals surface area contributed by atoms with Gasteiger partial charge in [-0.05, 0) is 17.7 Å². The van der Waals surface area contributed by atoms with Crippen molar-refractivity contribution in [2.45, 2.75) is 6.23 Å². The zero-order valence-corrected chi connectivity index (χ0v) is 12.4. The summed E-state index contributed by atoms with van der Waals surface area (Å²) in [7, 11) is -3.47. The van der Waals surface area contributed by atoms with Gasteiger partial charge in [-0.1, -0.05) is 49.0 Å². The molecule has 0 bridgehead atoms. The maximum atomic E-state index is 12.1. The van der Waals surface area contributed by atoms with Gasteiger partial charge in [0.05, 0.1) is 11.9 Å². The highest BCUT2D eigenvalue weighted by Gasteiger charge is 2.38. The zero-order valence-electron chi connectivity index (χ0n) is 11.6. The van der Waals surface area contributed by atoms with Gasteiger partial charge in [-0.15, -0.1) is 0 Å². The van der Waals surface area contributed by atoms with Crippen LogP contribution in [0.2, 0.25) is 0 Å². The second kappa shape index (κ2) is 4.93. The van der Waals surface area contributed by atoms with Crippen molar-refractivity contribution in [3.05, 3.63) is 66.7 Å². The molecule has 0 aliphatic carbocycles. The number of hydrogen-bond acceptors (Lipinski definition) is 3. The zero-order chi connectivity index (χ0) is 15.0. The number of ether oxygens (including phenoxy) is 1. The molecular weight excluding hydrogens is 286 g/mol. The third kappa shape index (κ3) is 2.40. The molecule has 4 nitrogen and oxygen atoms in total. The first-order valence-electron chi connectivity index (χ1n) is 6.48. The van der Waals surface area contributed by atoms with E-state index in [9.17, 15) is 8.42 Å². The molecule has 1 heterocycles. The van der Waals surface area contributed by atoms with Crippen molar-refractivity contribution in [2.24, 2.45) is 0 Å². The molecule has 1 unspecified atom stereocenters. The predicted molar refractivity (Wildman–Crippen MR) is 83.7 cm³/mol. The monoisotopic (exact) mass is 301 g/mol. The van der Waals surface area contributed by atoms with Crippen molar-refractivity contribution in [2.75, 3.05) is 10.6 Å². The summed E-state index contributed by atoms with van der Waals surface area (Å²) in [4.78, 5) is 0. The fraction of sp³-hybridized carbons (Fsp3) is 0.125. The van der Waals surface area contributed by atoms with E-state index < -0.39 is 16.3 Å². The highest BCUT2D eigenvalue weighted by Crippen LogP contribution is 2.42. The Bertz CT molecular complexity index is 784. The van der Waals surface area contributed by atoms with Crippen LogP contribution in [0.15, 0.2) is 61.2 Å². The Kier molecular flexibility index (Phi) is 3.22. The molecule has 2 aromatic carbocycles. The van der Waals surface area contributed by atoms with E-state index in [4.69, 9.17) is 4.74 Å². The molecule has 1 aliphatic rings. The van der Waals surface area contributed by atoms with Gasteiger partial charge in [-0.25, -0.2) is 12.7 Å². The summed E-state index contributed by atoms with van der Waals surface area (Å²) in [5.41, 5.74) is 2.00. The van der Waals surface area contributed by atoms with Gasteiger partial charge in [0.25, 0.3) is 0 Å². The summed E-state index contributed by atoms with van der Waals surface area (Å²) in [6, 6.07) is 16.5. The molecule has 0 aromatic heterocycles. The van der Waals surface area contributed by atoms with Crippen LogP contribution < -0.4 is 9.04 Å². The second-order valence-electron chi connectivity index (χ2n) is 4.89. The lowest BCUT2D eigenvalue weighted by Crippen LogP contribution is -2.39. The molecule has 2 aromatic rings.